The lowest BCUT2D eigenvalue weighted by Crippen LogP contribution is -2.29. The minimum absolute atomic E-state index is 0.819. The van der Waals surface area contributed by atoms with Crippen molar-refractivity contribution in [2.45, 2.75) is 32.2 Å². The average molecular weight is 262 g/mol. The van der Waals surface area contributed by atoms with Crippen LogP contribution in [0.1, 0.15) is 31.2 Å². The maximum absolute atomic E-state index is 5.04. The smallest absolute Gasteiger partial charge is 0.0479 e. The molecule has 0 bridgehead atoms. The average Bonchev–Trinajstić information content (AvgIpc) is 2.46. The molecule has 0 aliphatic carbocycles. The number of piperidine rings is 1. The fourth-order valence-electron chi connectivity index (χ4n) is 2.55. The Labute approximate surface area is 116 Å². The zero-order valence-electron chi connectivity index (χ0n) is 12.0. The Bertz CT molecular complexity index is 344. The molecule has 1 fully saturated rings. The first-order valence-electron chi connectivity index (χ1n) is 7.42. The standard InChI is InChI=1S/C16H26N2O/c1-19-13-5-10-17-16-8-6-15(7-9-16)14-18-11-3-2-4-12-18/h6-9,17H,2-5,10-14H2,1H3. The zero-order chi connectivity index (χ0) is 13.3. The molecule has 0 aromatic heterocycles. The van der Waals surface area contributed by atoms with E-state index in [1.54, 1.807) is 7.11 Å². The largest absolute Gasteiger partial charge is 0.385 e. The summed E-state index contributed by atoms with van der Waals surface area (Å²) in [6, 6.07) is 8.86. The Balaban J connectivity index is 1.74. The van der Waals surface area contributed by atoms with Crippen LogP contribution in [0.2, 0.25) is 0 Å². The molecule has 1 aliphatic heterocycles. The van der Waals surface area contributed by atoms with Gasteiger partial charge in [0.1, 0.15) is 0 Å². The molecule has 106 valence electrons. The van der Waals surface area contributed by atoms with Crippen molar-refractivity contribution in [2.24, 2.45) is 0 Å². The molecule has 0 saturated carbocycles. The summed E-state index contributed by atoms with van der Waals surface area (Å²) in [7, 11) is 1.75. The van der Waals surface area contributed by atoms with Crippen molar-refractivity contribution in [2.75, 3.05) is 38.7 Å². The molecule has 1 heterocycles. The van der Waals surface area contributed by atoms with Crippen molar-refractivity contribution < 1.29 is 4.74 Å². The third-order valence-electron chi connectivity index (χ3n) is 3.66. The summed E-state index contributed by atoms with van der Waals surface area (Å²) in [4.78, 5) is 2.56. The Morgan fingerprint density at radius 2 is 1.84 bits per heavy atom. The van der Waals surface area contributed by atoms with Crippen LogP contribution in [0.3, 0.4) is 0 Å². The molecular formula is C16H26N2O. The van der Waals surface area contributed by atoms with Gasteiger partial charge in [-0.15, -0.1) is 0 Å². The van der Waals surface area contributed by atoms with Gasteiger partial charge in [-0.3, -0.25) is 4.90 Å². The lowest BCUT2D eigenvalue weighted by atomic mass is 10.1. The zero-order valence-corrected chi connectivity index (χ0v) is 12.0. The van der Waals surface area contributed by atoms with Crippen LogP contribution in [-0.2, 0) is 11.3 Å². The molecule has 1 N–H and O–H groups in total. The summed E-state index contributed by atoms with van der Waals surface area (Å²) >= 11 is 0. The van der Waals surface area contributed by atoms with Gasteiger partial charge in [0.25, 0.3) is 0 Å². The van der Waals surface area contributed by atoms with Crippen LogP contribution in [0.25, 0.3) is 0 Å². The van der Waals surface area contributed by atoms with Crippen molar-refractivity contribution >= 4 is 5.69 Å². The van der Waals surface area contributed by atoms with E-state index in [2.05, 4.69) is 34.5 Å². The first-order chi connectivity index (χ1) is 9.38. The number of nitrogens with one attached hydrogen (secondary N) is 1. The molecule has 0 amide bonds. The second-order valence-corrected chi connectivity index (χ2v) is 5.31. The van der Waals surface area contributed by atoms with Gasteiger partial charge in [0.2, 0.25) is 0 Å². The second kappa shape index (κ2) is 8.18. The van der Waals surface area contributed by atoms with Crippen molar-refractivity contribution in [3.8, 4) is 0 Å². The second-order valence-electron chi connectivity index (χ2n) is 5.31. The van der Waals surface area contributed by atoms with E-state index in [4.69, 9.17) is 4.74 Å². The van der Waals surface area contributed by atoms with Crippen LogP contribution in [0, 0.1) is 0 Å². The van der Waals surface area contributed by atoms with Crippen LogP contribution in [0.15, 0.2) is 24.3 Å². The lowest BCUT2D eigenvalue weighted by Gasteiger charge is -2.26. The number of nitrogens with zero attached hydrogens (tertiary/aromatic N) is 1. The molecule has 1 aliphatic rings. The number of ether oxygens (including phenoxy) is 1. The van der Waals surface area contributed by atoms with Gasteiger partial charge in [0.15, 0.2) is 0 Å². The molecule has 1 saturated heterocycles. The highest BCUT2D eigenvalue weighted by Crippen LogP contribution is 2.15. The van der Waals surface area contributed by atoms with Gasteiger partial charge in [0.05, 0.1) is 0 Å². The Hall–Kier alpha value is -1.06. The van der Waals surface area contributed by atoms with Gasteiger partial charge in [-0.2, -0.15) is 0 Å². The van der Waals surface area contributed by atoms with Gasteiger partial charge >= 0.3 is 0 Å². The number of rotatable bonds is 7. The van der Waals surface area contributed by atoms with Gasteiger partial charge in [0, 0.05) is 32.5 Å². The monoisotopic (exact) mass is 262 g/mol. The third kappa shape index (κ3) is 5.21. The highest BCUT2D eigenvalue weighted by molar-refractivity contribution is 5.44. The summed E-state index contributed by atoms with van der Waals surface area (Å²) in [5, 5.41) is 3.42. The quantitative estimate of drug-likeness (QED) is 0.764. The summed E-state index contributed by atoms with van der Waals surface area (Å²) < 4.78 is 5.04. The summed E-state index contributed by atoms with van der Waals surface area (Å²) in [5.41, 5.74) is 2.63. The number of benzene rings is 1. The number of likely N-dealkylation sites (tertiary alicyclic amines) is 1. The first-order valence-corrected chi connectivity index (χ1v) is 7.42. The molecule has 2 rings (SSSR count). The highest BCUT2D eigenvalue weighted by Gasteiger charge is 2.09. The van der Waals surface area contributed by atoms with Crippen LogP contribution in [0.5, 0.6) is 0 Å². The minimum atomic E-state index is 0.819. The Kier molecular flexibility index (Phi) is 6.18. The molecule has 3 nitrogen and oxygen atoms in total. The van der Waals surface area contributed by atoms with Crippen molar-refractivity contribution in [3.63, 3.8) is 0 Å². The third-order valence-corrected chi connectivity index (χ3v) is 3.66. The predicted octanol–water partition coefficient (Wildman–Crippen LogP) is 3.12. The highest BCUT2D eigenvalue weighted by atomic mass is 16.5. The molecule has 1 aromatic carbocycles. The molecule has 0 atom stereocenters. The normalized spacial score (nSPS) is 16.5. The minimum Gasteiger partial charge on any atom is -0.385 e. The summed E-state index contributed by atoms with van der Waals surface area (Å²) in [6.07, 6.45) is 5.17. The number of hydrogen-bond acceptors (Lipinski definition) is 3. The van der Waals surface area contributed by atoms with Crippen molar-refractivity contribution in [1.29, 1.82) is 0 Å². The Morgan fingerprint density at radius 3 is 2.53 bits per heavy atom. The fourth-order valence-corrected chi connectivity index (χ4v) is 2.55. The Morgan fingerprint density at radius 1 is 1.11 bits per heavy atom. The van der Waals surface area contributed by atoms with Crippen molar-refractivity contribution in [3.05, 3.63) is 29.8 Å². The van der Waals surface area contributed by atoms with Gasteiger partial charge in [-0.1, -0.05) is 18.6 Å². The van der Waals surface area contributed by atoms with Crippen LogP contribution < -0.4 is 5.32 Å². The van der Waals surface area contributed by atoms with Crippen LogP contribution >= 0.6 is 0 Å². The molecular weight excluding hydrogens is 236 g/mol. The van der Waals surface area contributed by atoms with Crippen LogP contribution in [0.4, 0.5) is 5.69 Å². The van der Waals surface area contributed by atoms with Crippen LogP contribution in [-0.4, -0.2) is 38.3 Å². The lowest BCUT2D eigenvalue weighted by molar-refractivity contribution is 0.198. The number of hydrogen-bond donors (Lipinski definition) is 1. The molecule has 0 radical (unpaired) electrons. The van der Waals surface area contributed by atoms with E-state index in [1.165, 1.54) is 43.6 Å². The number of anilines is 1. The topological polar surface area (TPSA) is 24.5 Å². The molecule has 0 spiro atoms. The summed E-state index contributed by atoms with van der Waals surface area (Å²) in [6.45, 7) is 5.41. The van der Waals surface area contributed by atoms with E-state index in [0.29, 0.717) is 0 Å². The van der Waals surface area contributed by atoms with Gasteiger partial charge < -0.3 is 10.1 Å². The SMILES string of the molecule is COCCCNc1ccc(CN2CCCCC2)cc1. The molecule has 3 heteroatoms. The summed E-state index contributed by atoms with van der Waals surface area (Å²) in [5.74, 6) is 0. The van der Waals surface area contributed by atoms with E-state index in [9.17, 15) is 0 Å². The maximum atomic E-state index is 5.04. The van der Waals surface area contributed by atoms with Crippen molar-refractivity contribution in [1.82, 2.24) is 4.90 Å². The van der Waals surface area contributed by atoms with E-state index >= 15 is 0 Å². The molecule has 0 unspecified atom stereocenters. The number of methoxy groups -OCH3 is 1. The fraction of sp³-hybridized carbons (Fsp3) is 0.625. The molecule has 1 aromatic rings. The van der Waals surface area contributed by atoms with E-state index < -0.39 is 0 Å². The first kappa shape index (κ1) is 14.4. The predicted molar refractivity (Wildman–Crippen MR) is 80.6 cm³/mol. The van der Waals surface area contributed by atoms with Gasteiger partial charge in [-0.25, -0.2) is 0 Å². The van der Waals surface area contributed by atoms with Gasteiger partial charge in [-0.05, 0) is 50.0 Å². The maximum Gasteiger partial charge on any atom is 0.0479 e. The molecule has 19 heavy (non-hydrogen) atoms. The van der Waals surface area contributed by atoms with E-state index in [1.807, 2.05) is 0 Å². The van der Waals surface area contributed by atoms with E-state index in [-0.39, 0.29) is 0 Å². The van der Waals surface area contributed by atoms with E-state index in [0.717, 1.165) is 26.1 Å².